The van der Waals surface area contributed by atoms with E-state index in [1.54, 1.807) is 0 Å². The van der Waals surface area contributed by atoms with Crippen molar-refractivity contribution in [3.05, 3.63) is 85.1 Å². The zero-order chi connectivity index (χ0) is 57.9. The van der Waals surface area contributed by atoms with Gasteiger partial charge in [-0.25, -0.2) is 4.57 Å². The topological polar surface area (TPSA) is 111 Å². The molecule has 10 heteroatoms. The van der Waals surface area contributed by atoms with E-state index in [2.05, 4.69) is 99.0 Å². The number of quaternary nitrogens is 1. The molecule has 458 valence electrons. The van der Waals surface area contributed by atoms with Crippen LogP contribution in [0.5, 0.6) is 0 Å². The largest absolute Gasteiger partial charge is 0.472 e. The normalized spacial score (nSPS) is 14.2. The molecule has 0 aliphatic rings. The lowest BCUT2D eigenvalue weighted by Gasteiger charge is -2.27. The number of hydrogen-bond acceptors (Lipinski definition) is 6. The van der Waals surface area contributed by atoms with Crippen LogP contribution in [0.4, 0.5) is 0 Å². The second-order valence-corrected chi connectivity index (χ2v) is 24.7. The van der Waals surface area contributed by atoms with Crippen LogP contribution in [0.15, 0.2) is 85.1 Å². The monoisotopic (exact) mass is 1130 g/mol. The number of phosphoric ester groups is 1. The molecular formula is C69H126N2O7P+. The fourth-order valence-corrected chi connectivity index (χ4v) is 10.0. The number of carbonyl (C=O) groups is 2. The van der Waals surface area contributed by atoms with Gasteiger partial charge >= 0.3 is 13.8 Å². The third kappa shape index (κ3) is 59.6. The van der Waals surface area contributed by atoms with E-state index in [1.807, 2.05) is 33.3 Å². The number of rotatable bonds is 59. The number of nitrogens with zero attached hydrogens (tertiary/aromatic N) is 1. The van der Waals surface area contributed by atoms with Crippen LogP contribution in [0.3, 0.4) is 0 Å². The third-order valence-corrected chi connectivity index (χ3v) is 15.3. The summed E-state index contributed by atoms with van der Waals surface area (Å²) in [6.07, 6.45) is 77.3. The van der Waals surface area contributed by atoms with Crippen LogP contribution in [0, 0.1) is 0 Å². The molecule has 0 spiro atoms. The molecule has 0 bridgehead atoms. The molecule has 0 aliphatic carbocycles. The summed E-state index contributed by atoms with van der Waals surface area (Å²) in [5, 5.41) is 3.06. The van der Waals surface area contributed by atoms with E-state index in [0.717, 1.165) is 103 Å². The lowest BCUT2D eigenvalue weighted by atomic mass is 10.0. The first-order chi connectivity index (χ1) is 38.4. The van der Waals surface area contributed by atoms with Gasteiger partial charge in [-0.15, -0.1) is 0 Å². The standard InChI is InChI=1S/C69H125N2O7P/c1-7-10-13-16-19-22-25-27-29-31-33-34-35-36-38-40-42-44-47-50-53-56-59-62-69(73)78-67(60-57-54-51-48-45-24-21-18-15-12-9-3)66(65-77-79(74,75)76-64-63-71(4,5)6)70-68(72)61-58-55-52-49-46-43-41-39-37-32-30-28-26-23-20-17-14-11-8-2/h10,13,19,22,27,29,33-34,36,38,42,44,57,60,66-67H,7-9,11-12,14-18,20-21,23-26,28,30-32,35,37,39-41,43,45-56,58-59,61-65H2,1-6H3,(H-,70,72,74,75)/p+1/b13-10-,22-19-,29-27-,34-33-,38-36-,44-42-,60-57+. The SMILES string of the molecule is CC/C=C\C/C=C\C/C=C\C/C=C\C/C=C\C/C=C\CCCCCCC(=O)OC(/C=C/CCCCCCCCCCC)C(COP(=O)(O)OCC[N+](C)(C)C)NC(=O)CCCCCCCCCCCCCCCCCCCCC. The second kappa shape index (κ2) is 58.4. The zero-order valence-corrected chi connectivity index (χ0v) is 53.2. The van der Waals surface area contributed by atoms with Crippen molar-refractivity contribution in [2.24, 2.45) is 0 Å². The van der Waals surface area contributed by atoms with Crippen molar-refractivity contribution < 1.29 is 37.3 Å². The Balaban J connectivity index is 5.19. The molecule has 1 amide bonds. The summed E-state index contributed by atoms with van der Waals surface area (Å²) in [5.41, 5.74) is 0. The highest BCUT2D eigenvalue weighted by molar-refractivity contribution is 7.47. The number of esters is 1. The smallest absolute Gasteiger partial charge is 0.456 e. The van der Waals surface area contributed by atoms with Gasteiger partial charge < -0.3 is 19.4 Å². The van der Waals surface area contributed by atoms with E-state index in [9.17, 15) is 19.0 Å². The van der Waals surface area contributed by atoms with Crippen molar-refractivity contribution in [3.63, 3.8) is 0 Å². The average molecular weight is 1130 g/mol. The minimum atomic E-state index is -4.46. The fraction of sp³-hybridized carbons (Fsp3) is 0.768. The van der Waals surface area contributed by atoms with Crippen LogP contribution in [-0.2, 0) is 27.9 Å². The predicted octanol–water partition coefficient (Wildman–Crippen LogP) is 20.6. The van der Waals surface area contributed by atoms with Crippen molar-refractivity contribution in [3.8, 4) is 0 Å². The molecule has 0 heterocycles. The van der Waals surface area contributed by atoms with Gasteiger partial charge in [-0.2, -0.15) is 0 Å². The number of phosphoric acid groups is 1. The molecule has 0 fully saturated rings. The minimum Gasteiger partial charge on any atom is -0.456 e. The van der Waals surface area contributed by atoms with E-state index in [0.29, 0.717) is 23.9 Å². The molecular weight excluding hydrogens is 1000 g/mol. The molecule has 0 radical (unpaired) electrons. The van der Waals surface area contributed by atoms with Crippen LogP contribution in [0.1, 0.15) is 290 Å². The number of allylic oxidation sites excluding steroid dienone is 13. The summed E-state index contributed by atoms with van der Waals surface area (Å²) in [6, 6.07) is -0.861. The van der Waals surface area contributed by atoms with Crippen molar-refractivity contribution in [2.75, 3.05) is 40.9 Å². The highest BCUT2D eigenvalue weighted by atomic mass is 31.2. The number of amides is 1. The number of likely N-dealkylation sites (N-methyl/N-ethyl adjacent to an activating group) is 1. The Kier molecular flexibility index (Phi) is 56.3. The maximum atomic E-state index is 13.6. The van der Waals surface area contributed by atoms with Crippen LogP contribution < -0.4 is 5.32 Å². The maximum absolute atomic E-state index is 13.6. The van der Waals surface area contributed by atoms with Crippen molar-refractivity contribution in [1.82, 2.24) is 5.32 Å². The van der Waals surface area contributed by atoms with Crippen LogP contribution >= 0.6 is 7.82 Å². The zero-order valence-electron chi connectivity index (χ0n) is 52.3. The molecule has 0 aromatic rings. The Bertz CT molecular complexity index is 1630. The Hall–Kier alpha value is -2.81. The fourth-order valence-electron chi connectivity index (χ4n) is 9.30. The summed E-state index contributed by atoms with van der Waals surface area (Å²) in [4.78, 5) is 37.8. The Morgan fingerprint density at radius 3 is 1.22 bits per heavy atom. The van der Waals surface area contributed by atoms with Crippen molar-refractivity contribution in [1.29, 1.82) is 0 Å². The summed E-state index contributed by atoms with van der Waals surface area (Å²) in [6.45, 7) is 6.90. The van der Waals surface area contributed by atoms with Gasteiger partial charge in [-0.1, -0.05) is 280 Å². The van der Waals surface area contributed by atoms with Gasteiger partial charge in [-0.05, 0) is 83.1 Å². The van der Waals surface area contributed by atoms with Gasteiger partial charge in [0.15, 0.2) is 0 Å². The molecule has 0 aromatic heterocycles. The molecule has 3 unspecified atom stereocenters. The minimum absolute atomic E-state index is 0.0339. The van der Waals surface area contributed by atoms with E-state index >= 15 is 0 Å². The molecule has 0 rings (SSSR count). The predicted molar refractivity (Wildman–Crippen MR) is 341 cm³/mol. The molecule has 2 N–H and O–H groups in total. The van der Waals surface area contributed by atoms with Gasteiger partial charge in [0.25, 0.3) is 0 Å². The van der Waals surface area contributed by atoms with Crippen molar-refractivity contribution >= 4 is 19.7 Å². The van der Waals surface area contributed by atoms with Gasteiger partial charge in [0.1, 0.15) is 19.3 Å². The van der Waals surface area contributed by atoms with Crippen LogP contribution in [0.2, 0.25) is 0 Å². The first kappa shape index (κ1) is 76.2. The van der Waals surface area contributed by atoms with Crippen molar-refractivity contribution in [2.45, 2.75) is 303 Å². The summed E-state index contributed by atoms with van der Waals surface area (Å²) >= 11 is 0. The molecule has 3 atom stereocenters. The molecule has 0 saturated heterocycles. The van der Waals surface area contributed by atoms with E-state index < -0.39 is 20.0 Å². The lowest BCUT2D eigenvalue weighted by Crippen LogP contribution is -2.47. The van der Waals surface area contributed by atoms with Crippen LogP contribution in [0.25, 0.3) is 0 Å². The number of unbranched alkanes of at least 4 members (excludes halogenated alkanes) is 31. The molecule has 0 saturated carbocycles. The Morgan fingerprint density at radius 1 is 0.456 bits per heavy atom. The summed E-state index contributed by atoms with van der Waals surface area (Å²) in [7, 11) is 1.48. The van der Waals surface area contributed by atoms with Crippen LogP contribution in [-0.4, -0.2) is 74.3 Å². The molecule has 0 aliphatic heterocycles. The van der Waals surface area contributed by atoms with Gasteiger partial charge in [0.05, 0.1) is 33.8 Å². The number of nitrogens with one attached hydrogen (secondary N) is 1. The number of ether oxygens (including phenoxy) is 1. The molecule has 0 aromatic carbocycles. The van der Waals surface area contributed by atoms with Gasteiger partial charge in [0.2, 0.25) is 5.91 Å². The highest BCUT2D eigenvalue weighted by Gasteiger charge is 2.30. The Labute approximate surface area is 488 Å². The highest BCUT2D eigenvalue weighted by Crippen LogP contribution is 2.43. The van der Waals surface area contributed by atoms with Gasteiger partial charge in [-0.3, -0.25) is 18.6 Å². The third-order valence-electron chi connectivity index (χ3n) is 14.3. The lowest BCUT2D eigenvalue weighted by molar-refractivity contribution is -0.870. The summed E-state index contributed by atoms with van der Waals surface area (Å²) in [5.74, 6) is -0.529. The van der Waals surface area contributed by atoms with E-state index in [1.165, 1.54) is 148 Å². The number of carbonyl (C=O) groups excluding carboxylic acids is 2. The van der Waals surface area contributed by atoms with E-state index in [-0.39, 0.29) is 31.5 Å². The molecule has 79 heavy (non-hydrogen) atoms. The maximum Gasteiger partial charge on any atom is 0.472 e. The van der Waals surface area contributed by atoms with E-state index in [4.69, 9.17) is 13.8 Å². The average Bonchev–Trinajstić information content (AvgIpc) is 3.41. The second-order valence-electron chi connectivity index (χ2n) is 23.3. The molecule has 9 nitrogen and oxygen atoms in total. The quantitative estimate of drug-likeness (QED) is 0.0205. The first-order valence-electron chi connectivity index (χ1n) is 32.9. The Morgan fingerprint density at radius 2 is 0.810 bits per heavy atom. The number of hydrogen-bond donors (Lipinski definition) is 2. The summed E-state index contributed by atoms with van der Waals surface area (Å²) < 4.78 is 30.7. The first-order valence-corrected chi connectivity index (χ1v) is 34.4. The van der Waals surface area contributed by atoms with Gasteiger partial charge in [0, 0.05) is 12.8 Å².